The van der Waals surface area contributed by atoms with Crippen molar-refractivity contribution in [3.05, 3.63) is 0 Å². The molecule has 10 heavy (non-hydrogen) atoms. The quantitative estimate of drug-likeness (QED) is 0.428. The smallest absolute Gasteiger partial charge is 0.756 e. The minimum atomic E-state index is -5.30. The van der Waals surface area contributed by atoms with Crippen LogP contribution in [0.3, 0.4) is 0 Å². The van der Waals surface area contributed by atoms with Crippen molar-refractivity contribution < 1.29 is 91.2 Å². The molecule has 3 N–H and O–H groups in total. The van der Waals surface area contributed by atoms with Gasteiger partial charge in [-0.25, -0.2) is 8.88 Å². The van der Waals surface area contributed by atoms with Gasteiger partial charge in [-0.15, -0.1) is 0 Å². The molecule has 0 amide bonds. The van der Waals surface area contributed by atoms with Crippen molar-refractivity contribution in [1.82, 2.24) is 0 Å². The molecule has 0 aliphatic carbocycles. The van der Waals surface area contributed by atoms with E-state index in [-0.39, 0.29) is 58.2 Å². The van der Waals surface area contributed by atoms with Gasteiger partial charge in [0.05, 0.1) is 0 Å². The van der Waals surface area contributed by atoms with E-state index in [1.807, 2.05) is 0 Å². The number of phosphoric acid groups is 2. The summed E-state index contributed by atoms with van der Waals surface area (Å²) < 4.78 is 21.9. The van der Waals surface area contributed by atoms with Gasteiger partial charge in [-0.1, -0.05) is 0 Å². The summed E-state index contributed by atoms with van der Waals surface area (Å²) in [6.45, 7) is 0. The van der Waals surface area contributed by atoms with Gasteiger partial charge in [-0.3, -0.25) is 4.57 Å². The summed E-state index contributed by atoms with van der Waals surface area (Å²) in [6, 6.07) is 0. The van der Waals surface area contributed by atoms with E-state index >= 15 is 0 Å². The normalized spacial score (nSPS) is 17.2. The van der Waals surface area contributed by atoms with E-state index in [2.05, 4.69) is 4.31 Å². The Hall–Kier alpha value is 2.07. The topological polar surface area (TPSA) is 127 Å². The Morgan fingerprint density at radius 1 is 1.20 bits per heavy atom. The Morgan fingerprint density at radius 2 is 1.50 bits per heavy atom. The average Bonchev–Trinajstić information content (AvgIpc) is 1.14. The molecule has 0 aliphatic heterocycles. The maximum Gasteiger partial charge on any atom is 1.00 e. The van der Waals surface area contributed by atoms with Gasteiger partial charge in [0.2, 0.25) is 0 Å². The second-order valence-electron chi connectivity index (χ2n) is 1.04. The first-order valence-corrected chi connectivity index (χ1v) is 4.54. The molecule has 10 heteroatoms. The predicted molar refractivity (Wildman–Crippen MR) is 23.0 cm³/mol. The minimum absolute atomic E-state index is 0. The molecule has 0 saturated heterocycles. The van der Waals surface area contributed by atoms with Gasteiger partial charge in [0.15, 0.2) is 0 Å². The van der Waals surface area contributed by atoms with Crippen molar-refractivity contribution >= 4 is 15.6 Å². The minimum Gasteiger partial charge on any atom is -0.756 e. The van der Waals surface area contributed by atoms with Crippen LogP contribution in [0.5, 0.6) is 0 Å². The predicted octanol–water partition coefficient (Wildman–Crippen LogP) is -4.44. The largest absolute Gasteiger partial charge is 1.00 e. The molecule has 0 fully saturated rings. The molecule has 1 atom stereocenters. The Labute approximate surface area is 105 Å². The molecule has 0 bridgehead atoms. The third-order valence-corrected chi connectivity index (χ3v) is 1.89. The van der Waals surface area contributed by atoms with Crippen LogP contribution in [-0.4, -0.2) is 14.7 Å². The zero-order valence-electron chi connectivity index (χ0n) is 4.87. The molecule has 0 rings (SSSR count). The van der Waals surface area contributed by atoms with Crippen molar-refractivity contribution in [2.75, 3.05) is 0 Å². The molecule has 0 saturated carbocycles. The van der Waals surface area contributed by atoms with Crippen LogP contribution in [0, 0.1) is 0 Å². The van der Waals surface area contributed by atoms with Crippen LogP contribution in [0.4, 0.5) is 0 Å². The fourth-order valence-electron chi connectivity index (χ4n) is 0.134. The number of rotatable bonds is 2. The maximum absolute atomic E-state index is 9.59. The first kappa shape index (κ1) is 14.6. The Kier molecular flexibility index (Phi) is 7.20. The Morgan fingerprint density at radius 3 is 1.50 bits per heavy atom. The zero-order valence-corrected chi connectivity index (χ0v) is 11.6. The second kappa shape index (κ2) is 4.94. The molecule has 56 valence electrons. The fourth-order valence-corrected chi connectivity index (χ4v) is 1.21. The van der Waals surface area contributed by atoms with E-state index < -0.39 is 15.6 Å². The van der Waals surface area contributed by atoms with Crippen molar-refractivity contribution in [3.8, 4) is 0 Å². The molecule has 0 heterocycles. The van der Waals surface area contributed by atoms with E-state index in [4.69, 9.17) is 14.7 Å². The standard InChI is InChI=1S/H4O7P2.Rb/c1-8(2,3)7-9(4,5)6;/h(H2,1,2,3)(H2,4,5,6);/q;+1/p-1. The van der Waals surface area contributed by atoms with Gasteiger partial charge in [0, 0.05) is 0 Å². The van der Waals surface area contributed by atoms with Crippen LogP contribution < -0.4 is 63.1 Å². The molecule has 0 aliphatic rings. The van der Waals surface area contributed by atoms with Crippen LogP contribution in [0.25, 0.3) is 0 Å². The maximum atomic E-state index is 9.59. The SMILES string of the molecule is O=P([O-])(O)OP(=O)(O)O.[Rb+]. The van der Waals surface area contributed by atoms with Gasteiger partial charge in [0.25, 0.3) is 7.82 Å². The van der Waals surface area contributed by atoms with Crippen LogP contribution in [0.15, 0.2) is 0 Å². The average molecular weight is 262 g/mol. The summed E-state index contributed by atoms with van der Waals surface area (Å²) >= 11 is 0. The summed E-state index contributed by atoms with van der Waals surface area (Å²) in [4.78, 5) is 32.6. The van der Waals surface area contributed by atoms with Crippen molar-refractivity contribution in [2.24, 2.45) is 0 Å². The summed E-state index contributed by atoms with van der Waals surface area (Å²) in [7, 11) is -10.4. The summed E-state index contributed by atoms with van der Waals surface area (Å²) in [6.07, 6.45) is 0. The van der Waals surface area contributed by atoms with Gasteiger partial charge in [-0.05, 0) is 0 Å². The van der Waals surface area contributed by atoms with Crippen LogP contribution in [-0.2, 0) is 13.4 Å². The number of hydrogen-bond acceptors (Lipinski definition) is 4. The zero-order chi connectivity index (χ0) is 7.71. The summed E-state index contributed by atoms with van der Waals surface area (Å²) in [5.74, 6) is 0. The van der Waals surface area contributed by atoms with E-state index in [9.17, 15) is 14.0 Å². The molecule has 0 aromatic heterocycles. The van der Waals surface area contributed by atoms with Gasteiger partial charge >= 0.3 is 66.0 Å². The van der Waals surface area contributed by atoms with Gasteiger partial charge in [-0.2, -0.15) is 0 Å². The number of hydrogen-bond donors (Lipinski definition) is 3. The van der Waals surface area contributed by atoms with Gasteiger partial charge < -0.3 is 19.6 Å². The third-order valence-electron chi connectivity index (χ3n) is 0.210. The fraction of sp³-hybridized carbons (Fsp3) is 0. The third kappa shape index (κ3) is 12.7. The van der Waals surface area contributed by atoms with E-state index in [1.165, 1.54) is 0 Å². The van der Waals surface area contributed by atoms with Crippen LogP contribution in [0.2, 0.25) is 0 Å². The molecule has 7 nitrogen and oxygen atoms in total. The molecule has 0 radical (unpaired) electrons. The van der Waals surface area contributed by atoms with Crippen molar-refractivity contribution in [3.63, 3.8) is 0 Å². The molecule has 0 aromatic carbocycles. The van der Waals surface area contributed by atoms with Crippen molar-refractivity contribution in [2.45, 2.75) is 0 Å². The Bertz CT molecular complexity index is 152. The van der Waals surface area contributed by atoms with Crippen LogP contribution in [0.1, 0.15) is 0 Å². The van der Waals surface area contributed by atoms with Crippen molar-refractivity contribution in [1.29, 1.82) is 0 Å². The summed E-state index contributed by atoms with van der Waals surface area (Å²) in [5, 5.41) is 0. The van der Waals surface area contributed by atoms with E-state index in [1.54, 1.807) is 0 Å². The van der Waals surface area contributed by atoms with Crippen LogP contribution >= 0.6 is 15.6 Å². The second-order valence-corrected chi connectivity index (χ2v) is 3.61. The molecular formula is H3O7P2Rb. The van der Waals surface area contributed by atoms with E-state index in [0.717, 1.165) is 0 Å². The van der Waals surface area contributed by atoms with E-state index in [0.29, 0.717) is 0 Å². The molecule has 0 spiro atoms. The summed E-state index contributed by atoms with van der Waals surface area (Å²) in [5.41, 5.74) is 0. The Balaban J connectivity index is 0. The first-order valence-electron chi connectivity index (χ1n) is 1.51. The van der Waals surface area contributed by atoms with Gasteiger partial charge in [0.1, 0.15) is 0 Å². The first-order chi connectivity index (χ1) is 3.71. The molecule has 1 unspecified atom stereocenters. The molecule has 0 aromatic rings. The monoisotopic (exact) mass is 262 g/mol. The molecular weight excluding hydrogens is 259 g/mol.